The second-order valence-corrected chi connectivity index (χ2v) is 7.79. The van der Waals surface area contributed by atoms with E-state index in [9.17, 15) is 18.0 Å². The van der Waals surface area contributed by atoms with Crippen LogP contribution in [0.1, 0.15) is 29.7 Å². The lowest BCUT2D eigenvalue weighted by molar-refractivity contribution is -0.137. The summed E-state index contributed by atoms with van der Waals surface area (Å²) in [5.74, 6) is 0.572. The van der Waals surface area contributed by atoms with E-state index in [0.29, 0.717) is 28.1 Å². The molecule has 6 nitrogen and oxygen atoms in total. The predicted molar refractivity (Wildman–Crippen MR) is 120 cm³/mol. The number of alkyl halides is 3. The summed E-state index contributed by atoms with van der Waals surface area (Å²) >= 11 is 0. The molecule has 9 heteroatoms. The Labute approximate surface area is 193 Å². The van der Waals surface area contributed by atoms with Gasteiger partial charge in [-0.2, -0.15) is 18.2 Å². The smallest absolute Gasteiger partial charge is 0.417 e. The Morgan fingerprint density at radius 1 is 1.00 bits per heavy atom. The maximum Gasteiger partial charge on any atom is 0.417 e. The van der Waals surface area contributed by atoms with E-state index in [1.165, 1.54) is 12.1 Å². The molecule has 2 N–H and O–H groups in total. The Kier molecular flexibility index (Phi) is 6.10. The molecule has 0 fully saturated rings. The van der Waals surface area contributed by atoms with Crippen LogP contribution in [0.2, 0.25) is 0 Å². The molecule has 1 heterocycles. The zero-order chi connectivity index (χ0) is 24.5. The van der Waals surface area contributed by atoms with Crippen molar-refractivity contribution in [1.82, 2.24) is 15.5 Å². The molecule has 1 aromatic heterocycles. The number of hydrogen-bond donors (Lipinski definition) is 2. The zero-order valence-corrected chi connectivity index (χ0v) is 18.2. The van der Waals surface area contributed by atoms with Crippen molar-refractivity contribution < 1.29 is 27.6 Å². The predicted octanol–water partition coefficient (Wildman–Crippen LogP) is 6.73. The third-order valence-electron chi connectivity index (χ3n) is 5.43. The van der Waals surface area contributed by atoms with Crippen LogP contribution in [0.4, 0.5) is 18.0 Å². The number of carboxylic acid groups (broad SMARTS) is 1. The van der Waals surface area contributed by atoms with Crippen molar-refractivity contribution in [2.45, 2.75) is 26.1 Å². The number of aryl methyl sites for hydroxylation is 1. The molecular weight excluding hydrogens is 447 g/mol. The summed E-state index contributed by atoms with van der Waals surface area (Å²) in [5, 5.41) is 15.2. The summed E-state index contributed by atoms with van der Waals surface area (Å²) in [6, 6.07) is 17.1. The fourth-order valence-electron chi connectivity index (χ4n) is 3.71. The molecule has 0 saturated heterocycles. The number of nitrogens with one attached hydrogen (secondary N) is 1. The molecule has 0 saturated carbocycles. The van der Waals surface area contributed by atoms with E-state index in [4.69, 9.17) is 9.63 Å². The normalized spacial score (nSPS) is 12.4. The van der Waals surface area contributed by atoms with Gasteiger partial charge in [-0.15, -0.1) is 0 Å². The molecule has 0 aliphatic rings. The zero-order valence-electron chi connectivity index (χ0n) is 18.2. The average Bonchev–Trinajstić information content (AvgIpc) is 3.28. The number of nitrogens with zero attached hydrogens (tertiary/aromatic N) is 2. The molecule has 1 amide bonds. The van der Waals surface area contributed by atoms with E-state index in [1.54, 1.807) is 62.4 Å². The van der Waals surface area contributed by atoms with Crippen LogP contribution in [0.3, 0.4) is 0 Å². The molecule has 0 spiro atoms. The first-order valence-corrected chi connectivity index (χ1v) is 10.3. The Balaban J connectivity index is 1.59. The Morgan fingerprint density at radius 3 is 2.32 bits per heavy atom. The molecule has 1 atom stereocenters. The summed E-state index contributed by atoms with van der Waals surface area (Å²) in [6.07, 6.45) is -5.57. The third kappa shape index (κ3) is 4.78. The van der Waals surface area contributed by atoms with Crippen molar-refractivity contribution in [3.63, 3.8) is 0 Å². The molecule has 174 valence electrons. The molecule has 0 aliphatic heterocycles. The maximum atomic E-state index is 13.4. The van der Waals surface area contributed by atoms with Crippen LogP contribution in [-0.4, -0.2) is 21.3 Å². The highest BCUT2D eigenvalue weighted by molar-refractivity contribution is 5.74. The first-order chi connectivity index (χ1) is 16.1. The Hall–Kier alpha value is -4.14. The van der Waals surface area contributed by atoms with Gasteiger partial charge >= 0.3 is 12.3 Å². The second kappa shape index (κ2) is 9.01. The van der Waals surface area contributed by atoms with Crippen molar-refractivity contribution in [3.8, 4) is 34.0 Å². The largest absolute Gasteiger partial charge is 0.465 e. The van der Waals surface area contributed by atoms with Crippen molar-refractivity contribution in [3.05, 3.63) is 83.4 Å². The molecule has 0 bridgehead atoms. The van der Waals surface area contributed by atoms with Crippen LogP contribution in [0.5, 0.6) is 0 Å². The quantitative estimate of drug-likeness (QED) is 0.340. The third-order valence-corrected chi connectivity index (χ3v) is 5.43. The number of hydrogen-bond acceptors (Lipinski definition) is 4. The van der Waals surface area contributed by atoms with Crippen molar-refractivity contribution in [1.29, 1.82) is 0 Å². The number of rotatable bonds is 5. The number of amides is 1. The minimum absolute atomic E-state index is 0.108. The molecule has 3 aromatic carbocycles. The topological polar surface area (TPSA) is 88.2 Å². The van der Waals surface area contributed by atoms with Crippen LogP contribution in [0.15, 0.2) is 71.3 Å². The fraction of sp³-hybridized carbons (Fsp3) is 0.160. The van der Waals surface area contributed by atoms with Gasteiger partial charge in [0.2, 0.25) is 5.82 Å². The summed E-state index contributed by atoms with van der Waals surface area (Å²) < 4.78 is 45.7. The highest BCUT2D eigenvalue weighted by atomic mass is 19.4. The molecule has 1 unspecified atom stereocenters. The standard InChI is InChI=1S/C25H20F3N3O3/c1-14-13-18(11-12-19(14)20-5-3-4-6-21(20)25(26,27)28)23-30-22(31-34-23)17-9-7-16(8-10-17)15(2)29-24(32)33/h3-13,15,29H,1-2H3,(H,32,33). The second-order valence-electron chi connectivity index (χ2n) is 7.79. The Morgan fingerprint density at radius 2 is 1.68 bits per heavy atom. The van der Waals surface area contributed by atoms with E-state index >= 15 is 0 Å². The molecular formula is C25H20F3N3O3. The van der Waals surface area contributed by atoms with Gasteiger partial charge in [0.1, 0.15) is 0 Å². The highest BCUT2D eigenvalue weighted by Gasteiger charge is 2.33. The lowest BCUT2D eigenvalue weighted by Crippen LogP contribution is -2.24. The first kappa shape index (κ1) is 23.0. The van der Waals surface area contributed by atoms with Gasteiger partial charge in [-0.1, -0.05) is 53.7 Å². The summed E-state index contributed by atoms with van der Waals surface area (Å²) in [4.78, 5) is 15.2. The van der Waals surface area contributed by atoms with Gasteiger partial charge in [-0.05, 0) is 54.3 Å². The van der Waals surface area contributed by atoms with Gasteiger partial charge in [0.05, 0.1) is 11.6 Å². The fourth-order valence-corrected chi connectivity index (χ4v) is 3.71. The van der Waals surface area contributed by atoms with Crippen molar-refractivity contribution in [2.75, 3.05) is 0 Å². The average molecular weight is 467 g/mol. The van der Waals surface area contributed by atoms with Crippen LogP contribution in [-0.2, 0) is 6.18 Å². The highest BCUT2D eigenvalue weighted by Crippen LogP contribution is 2.38. The van der Waals surface area contributed by atoms with Gasteiger partial charge in [-0.25, -0.2) is 4.79 Å². The molecule has 34 heavy (non-hydrogen) atoms. The molecule has 0 radical (unpaired) electrons. The lowest BCUT2D eigenvalue weighted by atomic mass is 9.94. The van der Waals surface area contributed by atoms with Gasteiger partial charge in [0.15, 0.2) is 0 Å². The molecule has 4 aromatic rings. The van der Waals surface area contributed by atoms with E-state index in [-0.39, 0.29) is 17.5 Å². The minimum atomic E-state index is -4.46. The number of carbonyl (C=O) groups is 1. The number of aromatic nitrogens is 2. The minimum Gasteiger partial charge on any atom is -0.465 e. The van der Waals surface area contributed by atoms with E-state index in [1.807, 2.05) is 0 Å². The monoisotopic (exact) mass is 467 g/mol. The van der Waals surface area contributed by atoms with Gasteiger partial charge in [-0.3, -0.25) is 0 Å². The lowest BCUT2D eigenvalue weighted by Gasteiger charge is -2.14. The first-order valence-electron chi connectivity index (χ1n) is 10.3. The number of halogens is 3. The van der Waals surface area contributed by atoms with E-state index in [0.717, 1.165) is 11.6 Å². The Bertz CT molecular complexity index is 1330. The van der Waals surface area contributed by atoms with E-state index in [2.05, 4.69) is 15.5 Å². The van der Waals surface area contributed by atoms with Crippen LogP contribution >= 0.6 is 0 Å². The maximum absolute atomic E-state index is 13.4. The summed E-state index contributed by atoms with van der Waals surface area (Å²) in [6.45, 7) is 3.46. The number of benzene rings is 3. The van der Waals surface area contributed by atoms with Crippen LogP contribution in [0, 0.1) is 6.92 Å². The molecule has 4 rings (SSSR count). The molecule has 0 aliphatic carbocycles. The van der Waals surface area contributed by atoms with Gasteiger partial charge < -0.3 is 14.9 Å². The van der Waals surface area contributed by atoms with Gasteiger partial charge in [0.25, 0.3) is 5.89 Å². The van der Waals surface area contributed by atoms with E-state index < -0.39 is 17.8 Å². The SMILES string of the molecule is Cc1cc(-c2nc(-c3ccc(C(C)NC(=O)O)cc3)no2)ccc1-c1ccccc1C(F)(F)F. The summed E-state index contributed by atoms with van der Waals surface area (Å²) in [5.41, 5.74) is 2.56. The van der Waals surface area contributed by atoms with Crippen LogP contribution in [0.25, 0.3) is 34.0 Å². The van der Waals surface area contributed by atoms with Crippen molar-refractivity contribution >= 4 is 6.09 Å². The van der Waals surface area contributed by atoms with Crippen LogP contribution < -0.4 is 5.32 Å². The van der Waals surface area contributed by atoms with Gasteiger partial charge in [0, 0.05) is 11.1 Å². The van der Waals surface area contributed by atoms with Crippen molar-refractivity contribution in [2.24, 2.45) is 0 Å². The summed E-state index contributed by atoms with van der Waals surface area (Å²) in [7, 11) is 0.